The van der Waals surface area contributed by atoms with Crippen LogP contribution in [-0.4, -0.2) is 5.11 Å². The molecule has 21 heavy (non-hydrogen) atoms. The van der Waals surface area contributed by atoms with Gasteiger partial charge in [-0.3, -0.25) is 0 Å². The van der Waals surface area contributed by atoms with Crippen molar-refractivity contribution >= 4 is 27.8 Å². The van der Waals surface area contributed by atoms with E-state index in [-0.39, 0.29) is 5.75 Å². The van der Waals surface area contributed by atoms with Gasteiger partial charge in [0, 0.05) is 10.8 Å². The minimum absolute atomic E-state index is 0.228. The summed E-state index contributed by atoms with van der Waals surface area (Å²) in [4.78, 5) is 0. The molecule has 102 valence electrons. The van der Waals surface area contributed by atoms with E-state index in [9.17, 15) is 5.11 Å². The predicted molar refractivity (Wildman–Crippen MR) is 81.0 cm³/mol. The largest absolute Gasteiger partial charge is 0.507 e. The summed E-state index contributed by atoms with van der Waals surface area (Å²) < 4.78 is 0. The van der Waals surface area contributed by atoms with Crippen LogP contribution in [0.1, 0.15) is 0 Å². The third-order valence-electron chi connectivity index (χ3n) is 3.13. The molecular formula is C16H12N4O. The lowest BCUT2D eigenvalue weighted by Gasteiger charge is -2.03. The summed E-state index contributed by atoms with van der Waals surface area (Å²) in [5, 5.41) is 23.2. The number of rotatable bonds is 3. The van der Waals surface area contributed by atoms with E-state index >= 15 is 0 Å². The van der Waals surface area contributed by atoms with Crippen molar-refractivity contribution in [3.63, 3.8) is 0 Å². The van der Waals surface area contributed by atoms with E-state index in [4.69, 9.17) is 5.53 Å². The monoisotopic (exact) mass is 276 g/mol. The van der Waals surface area contributed by atoms with Crippen LogP contribution in [-0.2, 0) is 0 Å². The maximum absolute atomic E-state index is 9.84. The topological polar surface area (TPSA) is 81.2 Å². The second-order valence-corrected chi connectivity index (χ2v) is 4.48. The highest BCUT2D eigenvalue weighted by Crippen LogP contribution is 2.33. The van der Waals surface area contributed by atoms with Gasteiger partial charge in [-0.15, -0.1) is 5.11 Å². The Kier molecular flexibility index (Phi) is 3.39. The zero-order valence-electron chi connectivity index (χ0n) is 11.1. The molecule has 3 aromatic carbocycles. The van der Waals surface area contributed by atoms with Crippen molar-refractivity contribution in [2.24, 2.45) is 15.3 Å². The zero-order chi connectivity index (χ0) is 14.7. The predicted octanol–water partition coefficient (Wildman–Crippen LogP) is 5.62. The Bertz CT molecular complexity index is 825. The van der Waals surface area contributed by atoms with E-state index in [1.165, 1.54) is 0 Å². The lowest BCUT2D eigenvalue weighted by Crippen LogP contribution is -1.74. The van der Waals surface area contributed by atoms with Crippen molar-refractivity contribution in [1.82, 2.24) is 0 Å². The van der Waals surface area contributed by atoms with Crippen molar-refractivity contribution in [2.75, 3.05) is 0 Å². The van der Waals surface area contributed by atoms with Crippen molar-refractivity contribution in [3.05, 3.63) is 60.7 Å². The molecule has 5 nitrogen and oxygen atoms in total. The number of aromatic hydroxyl groups is 1. The average molecular weight is 276 g/mol. The van der Waals surface area contributed by atoms with Gasteiger partial charge in [-0.1, -0.05) is 24.3 Å². The molecule has 0 aliphatic heterocycles. The Labute approximate surface area is 121 Å². The fraction of sp³-hybridized carbons (Fsp3) is 0. The normalized spacial score (nSPS) is 11.0. The molecule has 0 aromatic heterocycles. The SMILES string of the molecule is N=Nc1ccc(N=Nc2ccc(O)c3ccccc23)cc1. The molecule has 3 rings (SSSR count). The Morgan fingerprint density at radius 2 is 1.38 bits per heavy atom. The van der Waals surface area contributed by atoms with Crippen molar-refractivity contribution in [1.29, 1.82) is 5.53 Å². The maximum atomic E-state index is 9.84. The van der Waals surface area contributed by atoms with Crippen molar-refractivity contribution in [3.8, 4) is 5.75 Å². The summed E-state index contributed by atoms with van der Waals surface area (Å²) in [7, 11) is 0. The minimum Gasteiger partial charge on any atom is -0.507 e. The van der Waals surface area contributed by atoms with Gasteiger partial charge in [0.05, 0.1) is 17.1 Å². The molecule has 0 spiro atoms. The van der Waals surface area contributed by atoms with Crippen LogP contribution in [0.2, 0.25) is 0 Å². The van der Waals surface area contributed by atoms with E-state index in [2.05, 4.69) is 15.3 Å². The highest BCUT2D eigenvalue weighted by atomic mass is 16.3. The first-order valence-electron chi connectivity index (χ1n) is 6.38. The van der Waals surface area contributed by atoms with E-state index < -0.39 is 0 Å². The first-order valence-corrected chi connectivity index (χ1v) is 6.38. The molecule has 5 heteroatoms. The number of hydrogen-bond acceptors (Lipinski definition) is 5. The van der Waals surface area contributed by atoms with Crippen LogP contribution in [0.25, 0.3) is 10.8 Å². The van der Waals surface area contributed by atoms with Crippen LogP contribution in [0.5, 0.6) is 5.75 Å². The second-order valence-electron chi connectivity index (χ2n) is 4.48. The van der Waals surface area contributed by atoms with Gasteiger partial charge in [0.25, 0.3) is 0 Å². The number of benzene rings is 3. The average Bonchev–Trinajstić information content (AvgIpc) is 2.55. The van der Waals surface area contributed by atoms with Crippen LogP contribution in [0.3, 0.4) is 0 Å². The Balaban J connectivity index is 1.99. The lowest BCUT2D eigenvalue weighted by molar-refractivity contribution is 0.481. The van der Waals surface area contributed by atoms with Crippen LogP contribution in [0.4, 0.5) is 17.1 Å². The van der Waals surface area contributed by atoms with Crippen LogP contribution < -0.4 is 0 Å². The molecule has 0 saturated carbocycles. The van der Waals surface area contributed by atoms with Gasteiger partial charge < -0.3 is 5.11 Å². The summed E-state index contributed by atoms with van der Waals surface area (Å²) in [5.74, 6) is 0.228. The first-order chi connectivity index (χ1) is 10.3. The van der Waals surface area contributed by atoms with Crippen LogP contribution in [0, 0.1) is 5.53 Å². The molecule has 0 amide bonds. The molecule has 0 radical (unpaired) electrons. The van der Waals surface area contributed by atoms with Gasteiger partial charge >= 0.3 is 0 Å². The molecule has 2 N–H and O–H groups in total. The van der Waals surface area contributed by atoms with Gasteiger partial charge in [-0.05, 0) is 36.4 Å². The highest BCUT2D eigenvalue weighted by molar-refractivity contribution is 5.96. The quantitative estimate of drug-likeness (QED) is 0.598. The minimum atomic E-state index is 0.228. The Hall–Kier alpha value is -3.08. The molecular weight excluding hydrogens is 264 g/mol. The number of nitrogens with one attached hydrogen (secondary N) is 1. The van der Waals surface area contributed by atoms with E-state index in [1.807, 2.05) is 24.3 Å². The number of phenolic OH excluding ortho intramolecular Hbond substituents is 1. The number of fused-ring (bicyclic) bond motifs is 1. The van der Waals surface area contributed by atoms with Gasteiger partial charge in [0.2, 0.25) is 0 Å². The van der Waals surface area contributed by atoms with Crippen LogP contribution in [0.15, 0.2) is 76.0 Å². The number of azo groups is 1. The molecule has 0 atom stereocenters. The molecule has 0 heterocycles. The fourth-order valence-corrected chi connectivity index (χ4v) is 2.06. The molecule has 0 unspecified atom stereocenters. The fourth-order valence-electron chi connectivity index (χ4n) is 2.06. The summed E-state index contributed by atoms with van der Waals surface area (Å²) in [5.41, 5.74) is 8.85. The number of phenols is 1. The van der Waals surface area contributed by atoms with E-state index in [0.717, 1.165) is 10.8 Å². The van der Waals surface area contributed by atoms with Gasteiger partial charge in [-0.25, -0.2) is 5.53 Å². The molecule has 0 aliphatic carbocycles. The zero-order valence-corrected chi connectivity index (χ0v) is 11.1. The third-order valence-corrected chi connectivity index (χ3v) is 3.13. The summed E-state index contributed by atoms with van der Waals surface area (Å²) in [6.07, 6.45) is 0. The van der Waals surface area contributed by atoms with E-state index in [0.29, 0.717) is 17.1 Å². The Morgan fingerprint density at radius 1 is 0.714 bits per heavy atom. The summed E-state index contributed by atoms with van der Waals surface area (Å²) >= 11 is 0. The number of hydrogen-bond donors (Lipinski definition) is 2. The third kappa shape index (κ3) is 2.62. The molecule has 0 saturated heterocycles. The highest BCUT2D eigenvalue weighted by Gasteiger charge is 2.03. The lowest BCUT2D eigenvalue weighted by atomic mass is 10.1. The smallest absolute Gasteiger partial charge is 0.123 e. The summed E-state index contributed by atoms with van der Waals surface area (Å²) in [6.45, 7) is 0. The molecule has 0 bridgehead atoms. The molecule has 0 aliphatic rings. The van der Waals surface area contributed by atoms with E-state index in [1.54, 1.807) is 36.4 Å². The number of nitrogens with zero attached hydrogens (tertiary/aromatic N) is 3. The van der Waals surface area contributed by atoms with Crippen molar-refractivity contribution in [2.45, 2.75) is 0 Å². The Morgan fingerprint density at radius 3 is 2.10 bits per heavy atom. The first kappa shape index (κ1) is 12.9. The maximum Gasteiger partial charge on any atom is 0.123 e. The van der Waals surface area contributed by atoms with Crippen LogP contribution >= 0.6 is 0 Å². The standard InChI is InChI=1S/C16H12N4O/c17-18-11-5-7-12(8-6-11)19-20-15-9-10-16(21)14-4-2-1-3-13(14)15/h1-10,17,21H. The summed E-state index contributed by atoms with van der Waals surface area (Å²) in [6, 6.07) is 17.7. The molecule has 3 aromatic rings. The second kappa shape index (κ2) is 5.50. The molecule has 0 fully saturated rings. The van der Waals surface area contributed by atoms with Gasteiger partial charge in [0.1, 0.15) is 5.75 Å². The van der Waals surface area contributed by atoms with Gasteiger partial charge in [-0.2, -0.15) is 10.2 Å². The van der Waals surface area contributed by atoms with Gasteiger partial charge in [0.15, 0.2) is 0 Å². The van der Waals surface area contributed by atoms with Crippen molar-refractivity contribution < 1.29 is 5.11 Å².